The number of fused-ring (bicyclic) bond motifs is 1. The van der Waals surface area contributed by atoms with E-state index in [1.54, 1.807) is 18.2 Å². The van der Waals surface area contributed by atoms with E-state index in [9.17, 15) is 9.35 Å². The third kappa shape index (κ3) is 1.36. The van der Waals surface area contributed by atoms with Crippen molar-refractivity contribution in [2.45, 2.75) is 4.90 Å². The van der Waals surface area contributed by atoms with Crippen LogP contribution in [0.2, 0.25) is 0 Å². The maximum absolute atomic E-state index is 11.4. The summed E-state index contributed by atoms with van der Waals surface area (Å²) in [6.45, 7) is 0. The maximum atomic E-state index is 11.4. The lowest BCUT2D eigenvalue weighted by molar-refractivity contribution is -0.114. The van der Waals surface area contributed by atoms with E-state index in [2.05, 4.69) is 5.32 Å². The molecular weight excluding hydrogens is 188 g/mol. The normalized spacial score (nSPS) is 20.7. The summed E-state index contributed by atoms with van der Waals surface area (Å²) in [5.41, 5.74) is 8.07. The minimum absolute atomic E-state index is 0.00352. The van der Waals surface area contributed by atoms with Gasteiger partial charge in [-0.15, -0.1) is 0 Å². The smallest absolute Gasteiger partial charge is 0.274 e. The van der Waals surface area contributed by atoms with Crippen molar-refractivity contribution in [3.8, 4) is 0 Å². The predicted octanol–water partition coefficient (Wildman–Crippen LogP) is 0.661. The van der Waals surface area contributed by atoms with Crippen LogP contribution >= 0.6 is 0 Å². The molecule has 1 heterocycles. The first kappa shape index (κ1) is 8.40. The standard InChI is InChI=1S/C8H7N2O2S/c9-5-2-1-3-6-8(5)10-7(11)4-13(6)12/h1-3,9H,4H2,(H,10,11). The number of carbonyl (C=O) groups is 1. The first-order valence-corrected chi connectivity index (χ1v) is 5.03. The zero-order valence-electron chi connectivity index (χ0n) is 6.66. The minimum Gasteiger partial charge on any atom is -0.611 e. The molecule has 13 heavy (non-hydrogen) atoms. The number of benzene rings is 1. The van der Waals surface area contributed by atoms with Crippen LogP contribution in [-0.2, 0) is 16.0 Å². The molecule has 1 unspecified atom stereocenters. The first-order chi connectivity index (χ1) is 6.18. The van der Waals surface area contributed by atoms with Gasteiger partial charge in [0, 0.05) is 0 Å². The van der Waals surface area contributed by atoms with Gasteiger partial charge in [-0.05, 0) is 23.3 Å². The summed E-state index contributed by atoms with van der Waals surface area (Å²) < 4.78 is 11.4. The number of anilines is 1. The molecule has 0 spiro atoms. The summed E-state index contributed by atoms with van der Waals surface area (Å²) in [6, 6.07) is 4.89. The van der Waals surface area contributed by atoms with Gasteiger partial charge in [0.15, 0.2) is 10.6 Å². The third-order valence-electron chi connectivity index (χ3n) is 1.80. The number of amides is 1. The van der Waals surface area contributed by atoms with Crippen LogP contribution in [0.3, 0.4) is 0 Å². The average molecular weight is 195 g/mol. The van der Waals surface area contributed by atoms with E-state index in [1.807, 2.05) is 0 Å². The van der Waals surface area contributed by atoms with Crippen molar-refractivity contribution in [2.75, 3.05) is 11.1 Å². The van der Waals surface area contributed by atoms with Crippen molar-refractivity contribution < 1.29 is 9.35 Å². The molecule has 1 aliphatic heterocycles. The van der Waals surface area contributed by atoms with Crippen molar-refractivity contribution >= 4 is 28.5 Å². The zero-order chi connectivity index (χ0) is 9.42. The number of carbonyl (C=O) groups excluding carboxylic acids is 1. The van der Waals surface area contributed by atoms with E-state index in [0.717, 1.165) is 0 Å². The lowest BCUT2D eigenvalue weighted by atomic mass is 10.2. The highest BCUT2D eigenvalue weighted by molar-refractivity contribution is 7.92. The largest absolute Gasteiger partial charge is 0.611 e. The number of rotatable bonds is 0. The van der Waals surface area contributed by atoms with Crippen LogP contribution in [0.25, 0.3) is 0 Å². The summed E-state index contributed by atoms with van der Waals surface area (Å²) in [7, 11) is 0. The second-order valence-corrected chi connectivity index (χ2v) is 4.14. The topological polar surface area (TPSA) is 76.0 Å². The van der Waals surface area contributed by atoms with Gasteiger partial charge in [0.05, 0.1) is 5.69 Å². The zero-order valence-corrected chi connectivity index (χ0v) is 7.48. The fourth-order valence-corrected chi connectivity index (χ4v) is 2.31. The van der Waals surface area contributed by atoms with E-state index < -0.39 is 11.2 Å². The quantitative estimate of drug-likeness (QED) is 0.617. The van der Waals surface area contributed by atoms with Crippen LogP contribution in [-0.4, -0.2) is 16.2 Å². The Labute approximate surface area is 78.3 Å². The molecule has 1 aromatic carbocycles. The molecule has 1 amide bonds. The summed E-state index contributed by atoms with van der Waals surface area (Å²) in [6.07, 6.45) is 0. The summed E-state index contributed by atoms with van der Waals surface area (Å²) >= 11 is -1.29. The van der Waals surface area contributed by atoms with Crippen LogP contribution in [0, 0.1) is 0 Å². The van der Waals surface area contributed by atoms with Crippen molar-refractivity contribution in [3.05, 3.63) is 18.2 Å². The average Bonchev–Trinajstić information content (AvgIpc) is 2.07. The SMILES string of the molecule is [NH]c1cccc2c1NC(=O)C[S+]2[O-]. The Hall–Kier alpha value is -1.20. The van der Waals surface area contributed by atoms with Gasteiger partial charge in [-0.2, -0.15) is 0 Å². The highest BCUT2D eigenvalue weighted by Crippen LogP contribution is 2.32. The molecule has 5 heteroatoms. The van der Waals surface area contributed by atoms with Crippen molar-refractivity contribution in [1.29, 1.82) is 0 Å². The van der Waals surface area contributed by atoms with E-state index >= 15 is 0 Å². The molecule has 4 nitrogen and oxygen atoms in total. The van der Waals surface area contributed by atoms with Crippen LogP contribution in [0.4, 0.5) is 11.4 Å². The Morgan fingerprint density at radius 2 is 2.31 bits per heavy atom. The molecule has 0 fully saturated rings. The van der Waals surface area contributed by atoms with Crippen molar-refractivity contribution in [1.82, 2.24) is 5.73 Å². The van der Waals surface area contributed by atoms with Gasteiger partial charge in [0.2, 0.25) is 0 Å². The third-order valence-corrected chi connectivity index (χ3v) is 3.15. The van der Waals surface area contributed by atoms with Gasteiger partial charge in [-0.25, -0.2) is 0 Å². The van der Waals surface area contributed by atoms with Crippen molar-refractivity contribution in [2.24, 2.45) is 0 Å². The Morgan fingerprint density at radius 1 is 1.54 bits per heavy atom. The molecule has 1 aliphatic rings. The Balaban J connectivity index is 2.54. The number of hydrogen-bond donors (Lipinski definition) is 1. The highest BCUT2D eigenvalue weighted by atomic mass is 32.2. The second kappa shape index (κ2) is 2.93. The maximum Gasteiger partial charge on any atom is 0.274 e. The van der Waals surface area contributed by atoms with Gasteiger partial charge < -0.3 is 9.87 Å². The molecule has 1 atom stereocenters. The molecule has 0 aromatic heterocycles. The Morgan fingerprint density at radius 3 is 3.08 bits per heavy atom. The van der Waals surface area contributed by atoms with Crippen LogP contribution in [0.15, 0.2) is 23.1 Å². The molecule has 0 aliphatic carbocycles. The van der Waals surface area contributed by atoms with Gasteiger partial charge in [-0.1, -0.05) is 6.07 Å². The predicted molar refractivity (Wildman–Crippen MR) is 49.1 cm³/mol. The fourth-order valence-electron chi connectivity index (χ4n) is 1.22. The van der Waals surface area contributed by atoms with Crippen LogP contribution in [0.1, 0.15) is 0 Å². The lowest BCUT2D eigenvalue weighted by Crippen LogP contribution is -2.29. The van der Waals surface area contributed by atoms with Crippen LogP contribution in [0.5, 0.6) is 0 Å². The van der Waals surface area contributed by atoms with E-state index in [4.69, 9.17) is 5.73 Å². The Kier molecular flexibility index (Phi) is 1.90. The van der Waals surface area contributed by atoms with Gasteiger partial charge in [0.1, 0.15) is 5.69 Å². The summed E-state index contributed by atoms with van der Waals surface area (Å²) in [5, 5.41) is 2.54. The molecule has 2 rings (SSSR count). The second-order valence-electron chi connectivity index (χ2n) is 2.72. The van der Waals surface area contributed by atoms with Crippen LogP contribution < -0.4 is 11.1 Å². The lowest BCUT2D eigenvalue weighted by Gasteiger charge is -2.19. The minimum atomic E-state index is -1.29. The van der Waals surface area contributed by atoms with E-state index in [-0.39, 0.29) is 17.3 Å². The summed E-state index contributed by atoms with van der Waals surface area (Å²) in [5.74, 6) is -0.290. The van der Waals surface area contributed by atoms with Gasteiger partial charge in [-0.3, -0.25) is 10.5 Å². The number of hydrogen-bond acceptors (Lipinski definition) is 2. The number of nitrogens with one attached hydrogen (secondary N) is 2. The molecule has 67 valence electrons. The molecule has 1 radical (unpaired) electrons. The highest BCUT2D eigenvalue weighted by Gasteiger charge is 2.28. The first-order valence-electron chi connectivity index (χ1n) is 3.71. The van der Waals surface area contributed by atoms with E-state index in [1.165, 1.54) is 0 Å². The van der Waals surface area contributed by atoms with Gasteiger partial charge in [0.25, 0.3) is 5.91 Å². The fraction of sp³-hybridized carbons (Fsp3) is 0.125. The number of para-hydroxylation sites is 1. The monoisotopic (exact) mass is 195 g/mol. The molecular formula is C8H7N2O2S. The van der Waals surface area contributed by atoms with Crippen molar-refractivity contribution in [3.63, 3.8) is 0 Å². The molecule has 1 aromatic rings. The summed E-state index contributed by atoms with van der Waals surface area (Å²) in [4.78, 5) is 11.5. The van der Waals surface area contributed by atoms with E-state index in [0.29, 0.717) is 10.6 Å². The molecule has 2 N–H and O–H groups in total. The molecule has 0 saturated heterocycles. The Bertz CT molecular complexity index is 367. The molecule has 0 saturated carbocycles. The molecule has 0 bridgehead atoms. The van der Waals surface area contributed by atoms with Gasteiger partial charge >= 0.3 is 0 Å².